The number of phenolic OH excluding ortho intramolecular Hbond substituents is 1. The first-order chi connectivity index (χ1) is 11.3. The van der Waals surface area contributed by atoms with Crippen molar-refractivity contribution in [2.45, 2.75) is 6.92 Å². The number of carbonyl (C=O) groups excluding carboxylic acids is 1. The Kier molecular flexibility index (Phi) is 4.55. The van der Waals surface area contributed by atoms with Crippen molar-refractivity contribution in [3.8, 4) is 17.6 Å². The SMILES string of the molecule is CCOc1c(Nc2cc(C#N)cc(C(=O)N(C)C)c2O)c(=O)c1=O. The number of nitrogens with one attached hydrogen (secondary N) is 1. The van der Waals surface area contributed by atoms with Gasteiger partial charge in [-0.1, -0.05) is 0 Å². The van der Waals surface area contributed by atoms with Gasteiger partial charge in [0.25, 0.3) is 16.8 Å². The lowest BCUT2D eigenvalue weighted by atomic mass is 10.1. The van der Waals surface area contributed by atoms with Crippen LogP contribution >= 0.6 is 0 Å². The van der Waals surface area contributed by atoms with Crippen LogP contribution < -0.4 is 20.9 Å². The van der Waals surface area contributed by atoms with Crippen LogP contribution in [0, 0.1) is 11.3 Å². The van der Waals surface area contributed by atoms with Crippen LogP contribution in [-0.2, 0) is 0 Å². The summed E-state index contributed by atoms with van der Waals surface area (Å²) in [4.78, 5) is 36.5. The van der Waals surface area contributed by atoms with Crippen LogP contribution in [0.25, 0.3) is 0 Å². The third kappa shape index (κ3) is 2.79. The molecule has 0 fully saturated rings. The van der Waals surface area contributed by atoms with Crippen molar-refractivity contribution in [1.29, 1.82) is 5.26 Å². The van der Waals surface area contributed by atoms with Gasteiger partial charge in [-0.05, 0) is 19.1 Å². The van der Waals surface area contributed by atoms with Crippen molar-refractivity contribution in [2.75, 3.05) is 26.0 Å². The van der Waals surface area contributed by atoms with E-state index in [-0.39, 0.29) is 34.9 Å². The number of nitrogens with zero attached hydrogens (tertiary/aromatic N) is 2. The lowest BCUT2D eigenvalue weighted by molar-refractivity contribution is 0.0824. The molecule has 0 aliphatic rings. The summed E-state index contributed by atoms with van der Waals surface area (Å²) in [6.45, 7) is 1.84. The van der Waals surface area contributed by atoms with E-state index >= 15 is 0 Å². The van der Waals surface area contributed by atoms with Gasteiger partial charge in [-0.25, -0.2) is 0 Å². The summed E-state index contributed by atoms with van der Waals surface area (Å²) in [6, 6.07) is 4.39. The third-order valence-electron chi connectivity index (χ3n) is 3.29. The third-order valence-corrected chi connectivity index (χ3v) is 3.29. The molecule has 2 aromatic rings. The van der Waals surface area contributed by atoms with E-state index in [1.54, 1.807) is 6.92 Å². The molecule has 0 radical (unpaired) electrons. The average molecular weight is 329 g/mol. The predicted octanol–water partition coefficient (Wildman–Crippen LogP) is 0.704. The molecular weight excluding hydrogens is 314 g/mol. The molecule has 0 saturated heterocycles. The number of ether oxygens (including phenoxy) is 1. The van der Waals surface area contributed by atoms with Gasteiger partial charge in [-0.3, -0.25) is 14.4 Å². The highest BCUT2D eigenvalue weighted by Crippen LogP contribution is 2.33. The van der Waals surface area contributed by atoms with Crippen molar-refractivity contribution in [2.24, 2.45) is 0 Å². The van der Waals surface area contributed by atoms with Gasteiger partial charge >= 0.3 is 0 Å². The minimum absolute atomic E-state index is 0.0349. The topological polar surface area (TPSA) is 120 Å². The second-order valence-corrected chi connectivity index (χ2v) is 5.15. The number of amides is 1. The van der Waals surface area contributed by atoms with Gasteiger partial charge in [0.05, 0.1) is 29.5 Å². The number of hydrogen-bond donors (Lipinski definition) is 2. The molecule has 8 nitrogen and oxygen atoms in total. The maximum absolute atomic E-state index is 12.1. The van der Waals surface area contributed by atoms with Crippen LogP contribution in [0.4, 0.5) is 11.4 Å². The van der Waals surface area contributed by atoms with Gasteiger partial charge in [0.15, 0.2) is 11.5 Å². The summed E-state index contributed by atoms with van der Waals surface area (Å²) < 4.78 is 5.08. The van der Waals surface area contributed by atoms with Crippen LogP contribution in [0.3, 0.4) is 0 Å². The van der Waals surface area contributed by atoms with Gasteiger partial charge in [0.2, 0.25) is 0 Å². The molecule has 0 aliphatic carbocycles. The maximum Gasteiger partial charge on any atom is 0.272 e. The summed E-state index contributed by atoms with van der Waals surface area (Å²) >= 11 is 0. The molecular formula is C16H15N3O5. The second-order valence-electron chi connectivity index (χ2n) is 5.15. The molecule has 1 amide bonds. The highest BCUT2D eigenvalue weighted by molar-refractivity contribution is 5.99. The molecule has 0 unspecified atom stereocenters. The Labute approximate surface area is 137 Å². The quantitative estimate of drug-likeness (QED) is 0.612. The zero-order valence-electron chi connectivity index (χ0n) is 13.3. The van der Waals surface area contributed by atoms with Crippen LogP contribution in [0.5, 0.6) is 11.5 Å². The fraction of sp³-hybridized carbons (Fsp3) is 0.250. The van der Waals surface area contributed by atoms with Crippen molar-refractivity contribution in [3.63, 3.8) is 0 Å². The minimum atomic E-state index is -0.791. The highest BCUT2D eigenvalue weighted by Gasteiger charge is 2.25. The molecule has 124 valence electrons. The summed E-state index contributed by atoms with van der Waals surface area (Å²) in [5.41, 5.74) is -1.70. The molecule has 0 bridgehead atoms. The Morgan fingerprint density at radius 3 is 2.54 bits per heavy atom. The molecule has 2 rings (SSSR count). The van der Waals surface area contributed by atoms with Gasteiger partial charge in [0.1, 0.15) is 5.69 Å². The van der Waals surface area contributed by atoms with Crippen molar-refractivity contribution < 1.29 is 14.6 Å². The van der Waals surface area contributed by atoms with Gasteiger partial charge in [0, 0.05) is 14.1 Å². The van der Waals surface area contributed by atoms with E-state index in [1.807, 2.05) is 6.07 Å². The molecule has 0 atom stereocenters. The monoisotopic (exact) mass is 329 g/mol. The standard InChI is InChI=1S/C16H15N3O5/c1-4-24-15-11(13(21)14(15)22)18-10-6-8(7-17)5-9(12(10)20)16(23)19(2)3/h5-6,18,20H,4H2,1-3H3. The minimum Gasteiger partial charge on any atom is -0.505 e. The molecule has 0 heterocycles. The number of aromatic hydroxyl groups is 1. The second kappa shape index (κ2) is 6.42. The average Bonchev–Trinajstić information content (AvgIpc) is 2.58. The number of rotatable bonds is 5. The van der Waals surface area contributed by atoms with Crippen LogP contribution in [-0.4, -0.2) is 36.6 Å². The Balaban J connectivity index is 2.52. The Morgan fingerprint density at radius 1 is 1.33 bits per heavy atom. The van der Waals surface area contributed by atoms with E-state index < -0.39 is 22.5 Å². The Morgan fingerprint density at radius 2 is 2.00 bits per heavy atom. The van der Waals surface area contributed by atoms with E-state index in [1.165, 1.54) is 31.1 Å². The first-order valence-corrected chi connectivity index (χ1v) is 7.03. The lowest BCUT2D eigenvalue weighted by Crippen LogP contribution is -2.35. The fourth-order valence-corrected chi connectivity index (χ4v) is 2.10. The van der Waals surface area contributed by atoms with E-state index in [2.05, 4.69) is 5.32 Å². The number of anilines is 2. The number of carbonyl (C=O) groups is 1. The van der Waals surface area contributed by atoms with E-state index in [0.717, 1.165) is 0 Å². The van der Waals surface area contributed by atoms with Crippen LogP contribution in [0.1, 0.15) is 22.8 Å². The fourth-order valence-electron chi connectivity index (χ4n) is 2.10. The smallest absolute Gasteiger partial charge is 0.272 e. The Hall–Kier alpha value is -3.34. The van der Waals surface area contributed by atoms with Crippen molar-refractivity contribution >= 4 is 17.3 Å². The molecule has 0 spiro atoms. The zero-order valence-corrected chi connectivity index (χ0v) is 13.3. The molecule has 8 heteroatoms. The maximum atomic E-state index is 12.1. The predicted molar refractivity (Wildman–Crippen MR) is 86.6 cm³/mol. The van der Waals surface area contributed by atoms with Crippen LogP contribution in [0.2, 0.25) is 0 Å². The van der Waals surface area contributed by atoms with E-state index in [9.17, 15) is 19.5 Å². The molecule has 0 aromatic heterocycles. The summed E-state index contributed by atoms with van der Waals surface area (Å²) in [7, 11) is 3.00. The largest absolute Gasteiger partial charge is 0.505 e. The number of benzene rings is 1. The molecule has 2 N–H and O–H groups in total. The van der Waals surface area contributed by atoms with Gasteiger partial charge < -0.3 is 20.1 Å². The Bertz CT molecular complexity index is 917. The summed E-state index contributed by atoms with van der Waals surface area (Å²) in [5.74, 6) is -1.07. The van der Waals surface area contributed by atoms with Gasteiger partial charge in [-0.2, -0.15) is 5.26 Å². The lowest BCUT2D eigenvalue weighted by Gasteiger charge is -2.17. The van der Waals surface area contributed by atoms with Crippen LogP contribution in [0.15, 0.2) is 21.7 Å². The van der Waals surface area contributed by atoms with Crippen molar-refractivity contribution in [3.05, 3.63) is 43.7 Å². The summed E-state index contributed by atoms with van der Waals surface area (Å²) in [6.07, 6.45) is 0. The molecule has 2 aromatic carbocycles. The first kappa shape index (κ1) is 17.0. The first-order valence-electron chi connectivity index (χ1n) is 7.03. The van der Waals surface area contributed by atoms with E-state index in [0.29, 0.717) is 0 Å². The highest BCUT2D eigenvalue weighted by atomic mass is 16.5. The number of phenols is 1. The van der Waals surface area contributed by atoms with E-state index in [4.69, 9.17) is 10.00 Å². The van der Waals surface area contributed by atoms with Gasteiger partial charge in [-0.15, -0.1) is 0 Å². The summed E-state index contributed by atoms with van der Waals surface area (Å²) in [5, 5.41) is 22.0. The molecule has 24 heavy (non-hydrogen) atoms. The molecule has 0 saturated carbocycles. The number of nitriles is 1. The van der Waals surface area contributed by atoms with Crippen molar-refractivity contribution in [1.82, 2.24) is 4.90 Å². The normalized spacial score (nSPS) is 10.2. The zero-order chi connectivity index (χ0) is 18.0. The number of hydrogen-bond acceptors (Lipinski definition) is 7. The molecule has 0 aliphatic heterocycles.